The Balaban J connectivity index is 1.85. The van der Waals surface area contributed by atoms with Crippen molar-refractivity contribution in [2.24, 2.45) is 10.3 Å². The molecule has 0 unspecified atom stereocenters. The minimum atomic E-state index is -0.235. The molecule has 1 saturated carbocycles. The number of hydrogen-bond acceptors (Lipinski definition) is 3. The van der Waals surface area contributed by atoms with Crippen molar-refractivity contribution >= 4 is 5.69 Å². The van der Waals surface area contributed by atoms with Crippen molar-refractivity contribution in [3.63, 3.8) is 0 Å². The summed E-state index contributed by atoms with van der Waals surface area (Å²) >= 11 is 0. The molecule has 1 heterocycles. The summed E-state index contributed by atoms with van der Waals surface area (Å²) in [5.74, 6) is 0.214. The Labute approximate surface area is 126 Å². The van der Waals surface area contributed by atoms with Crippen LogP contribution in [0.2, 0.25) is 0 Å². The first-order valence-corrected chi connectivity index (χ1v) is 8.19. The largest absolute Gasteiger partial charge is 0.392 e. The Bertz CT molecular complexity index is 509. The standard InChI is InChI=1S/C17H25N3O/c1-13-8-9-16(18-19-20-10-4-5-11-20)15(12-13)14-6-2-3-7-17(14)21/h8-9,12,14,17,21H,2-7,10-11H2,1H3/t14-,17+/m1/s1. The summed E-state index contributed by atoms with van der Waals surface area (Å²) in [5.41, 5.74) is 3.33. The first-order chi connectivity index (χ1) is 10.2. The Morgan fingerprint density at radius 2 is 1.86 bits per heavy atom. The Morgan fingerprint density at radius 3 is 2.62 bits per heavy atom. The number of aliphatic hydroxyl groups excluding tert-OH is 1. The Morgan fingerprint density at radius 1 is 1.10 bits per heavy atom. The smallest absolute Gasteiger partial charge is 0.0910 e. The van der Waals surface area contributed by atoms with Gasteiger partial charge in [0, 0.05) is 19.0 Å². The molecule has 1 saturated heterocycles. The average molecular weight is 287 g/mol. The van der Waals surface area contributed by atoms with E-state index in [1.807, 2.05) is 11.1 Å². The molecule has 0 aromatic heterocycles. The van der Waals surface area contributed by atoms with Crippen molar-refractivity contribution in [3.8, 4) is 0 Å². The van der Waals surface area contributed by atoms with Gasteiger partial charge in [0.1, 0.15) is 0 Å². The van der Waals surface area contributed by atoms with Crippen LogP contribution in [0.1, 0.15) is 55.6 Å². The zero-order valence-electron chi connectivity index (χ0n) is 12.8. The van der Waals surface area contributed by atoms with E-state index in [0.29, 0.717) is 0 Å². The third kappa shape index (κ3) is 3.43. The molecule has 0 bridgehead atoms. The fourth-order valence-corrected chi connectivity index (χ4v) is 3.44. The maximum atomic E-state index is 10.3. The van der Waals surface area contributed by atoms with E-state index in [2.05, 4.69) is 29.4 Å². The Hall–Kier alpha value is -1.42. The molecule has 4 nitrogen and oxygen atoms in total. The highest BCUT2D eigenvalue weighted by molar-refractivity contribution is 5.49. The lowest BCUT2D eigenvalue weighted by Gasteiger charge is -2.28. The minimum Gasteiger partial charge on any atom is -0.392 e. The van der Waals surface area contributed by atoms with Gasteiger partial charge in [0.2, 0.25) is 0 Å². The van der Waals surface area contributed by atoms with Crippen LogP contribution in [0, 0.1) is 6.92 Å². The first-order valence-electron chi connectivity index (χ1n) is 8.19. The molecule has 0 radical (unpaired) electrons. The zero-order chi connectivity index (χ0) is 14.7. The summed E-state index contributed by atoms with van der Waals surface area (Å²) in [6.45, 7) is 4.12. The lowest BCUT2D eigenvalue weighted by atomic mass is 9.80. The van der Waals surface area contributed by atoms with Crippen LogP contribution in [-0.2, 0) is 0 Å². The summed E-state index contributed by atoms with van der Waals surface area (Å²) in [5, 5.41) is 21.2. The molecule has 0 spiro atoms. The highest BCUT2D eigenvalue weighted by Gasteiger charge is 2.26. The molecule has 1 aromatic carbocycles. The predicted octanol–water partition coefficient (Wildman–Crippen LogP) is 4.11. The van der Waals surface area contributed by atoms with E-state index >= 15 is 0 Å². The Kier molecular flexibility index (Phi) is 4.54. The topological polar surface area (TPSA) is 48.2 Å². The number of aryl methyl sites for hydroxylation is 1. The molecule has 1 N–H and O–H groups in total. The molecule has 4 heteroatoms. The highest BCUT2D eigenvalue weighted by Crippen LogP contribution is 2.38. The highest BCUT2D eigenvalue weighted by atomic mass is 16.3. The lowest BCUT2D eigenvalue weighted by Crippen LogP contribution is -2.22. The molecule has 1 aliphatic carbocycles. The molecule has 1 aliphatic heterocycles. The molecular weight excluding hydrogens is 262 g/mol. The van der Waals surface area contributed by atoms with E-state index in [9.17, 15) is 5.11 Å². The van der Waals surface area contributed by atoms with Crippen LogP contribution in [0.5, 0.6) is 0 Å². The van der Waals surface area contributed by atoms with Crippen LogP contribution in [0.4, 0.5) is 5.69 Å². The van der Waals surface area contributed by atoms with Gasteiger partial charge in [-0.05, 0) is 44.2 Å². The molecular formula is C17H25N3O. The normalized spacial score (nSPS) is 26.7. The molecule has 1 aromatic rings. The number of nitrogens with zero attached hydrogens (tertiary/aromatic N) is 3. The van der Waals surface area contributed by atoms with E-state index in [1.165, 1.54) is 30.4 Å². The summed E-state index contributed by atoms with van der Waals surface area (Å²) in [7, 11) is 0. The quantitative estimate of drug-likeness (QED) is 0.850. The third-order valence-electron chi connectivity index (χ3n) is 4.67. The van der Waals surface area contributed by atoms with Crippen LogP contribution in [-0.4, -0.2) is 29.3 Å². The van der Waals surface area contributed by atoms with E-state index in [0.717, 1.165) is 38.0 Å². The van der Waals surface area contributed by atoms with Crippen molar-refractivity contribution in [2.75, 3.05) is 13.1 Å². The van der Waals surface area contributed by atoms with Crippen LogP contribution >= 0.6 is 0 Å². The van der Waals surface area contributed by atoms with E-state index in [1.54, 1.807) is 0 Å². The SMILES string of the molecule is Cc1ccc(N=NN2CCCC2)c([C@H]2CCCC[C@@H]2O)c1. The van der Waals surface area contributed by atoms with Crippen LogP contribution in [0.15, 0.2) is 28.5 Å². The second-order valence-electron chi connectivity index (χ2n) is 6.37. The number of hydrogen-bond donors (Lipinski definition) is 1. The van der Waals surface area contributed by atoms with Crippen LogP contribution < -0.4 is 0 Å². The van der Waals surface area contributed by atoms with Crippen molar-refractivity contribution in [3.05, 3.63) is 29.3 Å². The van der Waals surface area contributed by atoms with E-state index < -0.39 is 0 Å². The lowest BCUT2D eigenvalue weighted by molar-refractivity contribution is 0.106. The van der Waals surface area contributed by atoms with Crippen LogP contribution in [0.25, 0.3) is 0 Å². The van der Waals surface area contributed by atoms with Crippen molar-refractivity contribution in [1.82, 2.24) is 5.01 Å². The molecule has 2 fully saturated rings. The van der Waals surface area contributed by atoms with Gasteiger partial charge in [-0.15, -0.1) is 5.11 Å². The van der Waals surface area contributed by atoms with Gasteiger partial charge < -0.3 is 5.11 Å². The van der Waals surface area contributed by atoms with Crippen LogP contribution in [0.3, 0.4) is 0 Å². The predicted molar refractivity (Wildman–Crippen MR) is 83.7 cm³/mol. The summed E-state index contributed by atoms with van der Waals surface area (Å²) in [6, 6.07) is 6.31. The molecule has 114 valence electrons. The zero-order valence-corrected chi connectivity index (χ0v) is 12.8. The monoisotopic (exact) mass is 287 g/mol. The molecule has 3 rings (SSSR count). The summed E-state index contributed by atoms with van der Waals surface area (Å²) in [4.78, 5) is 0. The van der Waals surface area contributed by atoms with Gasteiger partial charge >= 0.3 is 0 Å². The second-order valence-corrected chi connectivity index (χ2v) is 6.37. The summed E-state index contributed by atoms with van der Waals surface area (Å²) < 4.78 is 0. The van der Waals surface area contributed by atoms with E-state index in [4.69, 9.17) is 0 Å². The fourth-order valence-electron chi connectivity index (χ4n) is 3.44. The number of benzene rings is 1. The van der Waals surface area contributed by atoms with Gasteiger partial charge in [0.15, 0.2) is 0 Å². The third-order valence-corrected chi connectivity index (χ3v) is 4.67. The second kappa shape index (κ2) is 6.56. The van der Waals surface area contributed by atoms with Crippen molar-refractivity contribution in [2.45, 2.75) is 57.5 Å². The van der Waals surface area contributed by atoms with Crippen molar-refractivity contribution in [1.29, 1.82) is 0 Å². The average Bonchev–Trinajstić information content (AvgIpc) is 3.00. The summed E-state index contributed by atoms with van der Waals surface area (Å²) in [6.07, 6.45) is 6.47. The van der Waals surface area contributed by atoms with Gasteiger partial charge in [-0.2, -0.15) is 0 Å². The minimum absolute atomic E-state index is 0.214. The molecule has 0 amide bonds. The number of rotatable bonds is 3. The maximum Gasteiger partial charge on any atom is 0.0910 e. The number of aliphatic hydroxyl groups is 1. The van der Waals surface area contributed by atoms with Crippen molar-refractivity contribution < 1.29 is 5.11 Å². The van der Waals surface area contributed by atoms with Gasteiger partial charge in [0.05, 0.1) is 11.8 Å². The maximum absolute atomic E-state index is 10.3. The van der Waals surface area contributed by atoms with Gasteiger partial charge in [0.25, 0.3) is 0 Å². The fraction of sp³-hybridized carbons (Fsp3) is 0.647. The van der Waals surface area contributed by atoms with Gasteiger partial charge in [-0.1, -0.05) is 35.8 Å². The molecule has 2 atom stereocenters. The molecule has 21 heavy (non-hydrogen) atoms. The van der Waals surface area contributed by atoms with E-state index in [-0.39, 0.29) is 12.0 Å². The van der Waals surface area contributed by atoms with Gasteiger partial charge in [-0.25, -0.2) is 0 Å². The van der Waals surface area contributed by atoms with Gasteiger partial charge in [-0.3, -0.25) is 5.01 Å². The molecule has 2 aliphatic rings. The first kappa shape index (κ1) is 14.5.